The van der Waals surface area contributed by atoms with Gasteiger partial charge in [-0.2, -0.15) is 0 Å². The predicted molar refractivity (Wildman–Crippen MR) is 33.9 cm³/mol. The van der Waals surface area contributed by atoms with Crippen molar-refractivity contribution in [2.45, 2.75) is 30.7 Å². The molecule has 0 aromatic heterocycles. The van der Waals surface area contributed by atoms with E-state index in [1.54, 1.807) is 0 Å². The highest BCUT2D eigenvalue weighted by atomic mass is 16.6. The minimum Gasteiger partial charge on any atom is -0.547 e. The van der Waals surface area contributed by atoms with Gasteiger partial charge in [0.2, 0.25) is 0 Å². The SMILES string of the molecule is O=C([O-])[C@@H]1O[C@H](O)[C@H](O)[C@H](O)[C@H]1O. The van der Waals surface area contributed by atoms with Crippen LogP contribution in [0.15, 0.2) is 0 Å². The van der Waals surface area contributed by atoms with E-state index in [1.165, 1.54) is 0 Å². The van der Waals surface area contributed by atoms with Gasteiger partial charge >= 0.3 is 0 Å². The van der Waals surface area contributed by atoms with Crippen LogP contribution >= 0.6 is 0 Å². The molecule has 1 aliphatic rings. The number of carbonyl (C=O) groups excluding carboxylic acids is 1. The third kappa shape index (κ3) is 1.79. The molecule has 5 atom stereocenters. The summed E-state index contributed by atoms with van der Waals surface area (Å²) in [6, 6.07) is 0. The number of aliphatic hydroxyl groups is 4. The fraction of sp³-hybridized carbons (Fsp3) is 0.833. The monoisotopic (exact) mass is 193 g/mol. The number of hydrogen-bond acceptors (Lipinski definition) is 7. The summed E-state index contributed by atoms with van der Waals surface area (Å²) in [5, 5.41) is 46.1. The van der Waals surface area contributed by atoms with Gasteiger partial charge in [-0.25, -0.2) is 0 Å². The van der Waals surface area contributed by atoms with Crippen LogP contribution in [0.4, 0.5) is 0 Å². The fourth-order valence-electron chi connectivity index (χ4n) is 1.06. The molecule has 4 N–H and O–H groups in total. The molecule has 1 fully saturated rings. The average molecular weight is 193 g/mol. The first-order valence-electron chi connectivity index (χ1n) is 3.53. The van der Waals surface area contributed by atoms with E-state index in [9.17, 15) is 9.90 Å². The minimum absolute atomic E-state index is 1.73. The van der Waals surface area contributed by atoms with Crippen molar-refractivity contribution in [1.82, 2.24) is 0 Å². The van der Waals surface area contributed by atoms with Crippen molar-refractivity contribution in [3.63, 3.8) is 0 Å². The molecule has 7 heteroatoms. The topological polar surface area (TPSA) is 130 Å². The maximum Gasteiger partial charge on any atom is 0.184 e. The number of carbonyl (C=O) groups is 1. The van der Waals surface area contributed by atoms with E-state index in [2.05, 4.69) is 4.74 Å². The first-order valence-corrected chi connectivity index (χ1v) is 3.53. The lowest BCUT2D eigenvalue weighted by molar-refractivity contribution is -0.345. The molecule has 76 valence electrons. The standard InChI is InChI=1S/C6H10O7/c7-1-2(8)4(5(10)11)13-6(12)3(1)9/h1-4,6-9,12H,(H,10,11)/p-1/t1-,2-,3-,4-,6+/m1/s1. The second kappa shape index (κ2) is 3.56. The highest BCUT2D eigenvalue weighted by Crippen LogP contribution is 2.19. The smallest absolute Gasteiger partial charge is 0.184 e. The Morgan fingerprint density at radius 1 is 1.08 bits per heavy atom. The Balaban J connectivity index is 2.76. The van der Waals surface area contributed by atoms with E-state index in [1.807, 2.05) is 0 Å². The Labute approximate surface area is 72.8 Å². The molecular weight excluding hydrogens is 184 g/mol. The minimum atomic E-state index is -1.85. The number of carboxylic acid groups (broad SMARTS) is 1. The van der Waals surface area contributed by atoms with Gasteiger partial charge in [0.15, 0.2) is 6.29 Å². The lowest BCUT2D eigenvalue weighted by Crippen LogP contribution is -2.62. The molecular formula is C6H9O7-. The van der Waals surface area contributed by atoms with Crippen LogP contribution in [0, 0.1) is 0 Å². The number of aliphatic carboxylic acids is 1. The van der Waals surface area contributed by atoms with E-state index >= 15 is 0 Å². The highest BCUT2D eigenvalue weighted by molar-refractivity contribution is 5.71. The summed E-state index contributed by atoms with van der Waals surface area (Å²) in [4.78, 5) is 10.3. The molecule has 0 radical (unpaired) electrons. The van der Waals surface area contributed by atoms with Crippen molar-refractivity contribution in [1.29, 1.82) is 0 Å². The summed E-state index contributed by atoms with van der Waals surface area (Å²) < 4.78 is 4.28. The van der Waals surface area contributed by atoms with Gasteiger partial charge in [-0.3, -0.25) is 0 Å². The normalized spacial score (nSPS) is 46.0. The molecule has 0 aromatic rings. The summed E-state index contributed by atoms with van der Waals surface area (Å²) >= 11 is 0. The van der Waals surface area contributed by atoms with E-state index in [0.717, 1.165) is 0 Å². The number of ether oxygens (including phenoxy) is 1. The molecule has 1 saturated heterocycles. The number of hydrogen-bond donors (Lipinski definition) is 4. The largest absolute Gasteiger partial charge is 0.547 e. The Kier molecular flexibility index (Phi) is 2.84. The number of carboxylic acids is 1. The molecule has 0 aromatic carbocycles. The third-order valence-corrected chi connectivity index (χ3v) is 1.82. The predicted octanol–water partition coefficient (Wildman–Crippen LogP) is -4.46. The van der Waals surface area contributed by atoms with Gasteiger partial charge in [0.05, 0.1) is 5.97 Å². The Morgan fingerprint density at radius 2 is 1.62 bits per heavy atom. The van der Waals surface area contributed by atoms with Crippen LogP contribution in [0.3, 0.4) is 0 Å². The van der Waals surface area contributed by atoms with Gasteiger partial charge < -0.3 is 35.1 Å². The zero-order valence-corrected chi connectivity index (χ0v) is 6.40. The van der Waals surface area contributed by atoms with Crippen LogP contribution in [0.1, 0.15) is 0 Å². The second-order valence-electron chi connectivity index (χ2n) is 2.74. The van der Waals surface area contributed by atoms with E-state index in [0.29, 0.717) is 0 Å². The Bertz CT molecular complexity index is 205. The first kappa shape index (κ1) is 10.4. The van der Waals surface area contributed by atoms with Crippen LogP contribution in [0.25, 0.3) is 0 Å². The average Bonchev–Trinajstić information content (AvgIpc) is 2.07. The summed E-state index contributed by atoms with van der Waals surface area (Å²) in [7, 11) is 0. The molecule has 1 aliphatic heterocycles. The fourth-order valence-corrected chi connectivity index (χ4v) is 1.06. The number of rotatable bonds is 1. The van der Waals surface area contributed by atoms with E-state index in [-0.39, 0.29) is 0 Å². The van der Waals surface area contributed by atoms with Gasteiger partial charge in [-0.1, -0.05) is 0 Å². The van der Waals surface area contributed by atoms with Gasteiger partial charge in [-0.05, 0) is 0 Å². The quantitative estimate of drug-likeness (QED) is 0.330. The van der Waals surface area contributed by atoms with Crippen LogP contribution in [0.2, 0.25) is 0 Å². The molecule has 0 spiro atoms. The van der Waals surface area contributed by atoms with Crippen LogP contribution in [-0.4, -0.2) is 57.1 Å². The molecule has 1 heterocycles. The van der Waals surface area contributed by atoms with Crippen molar-refractivity contribution in [3.8, 4) is 0 Å². The van der Waals surface area contributed by atoms with Crippen LogP contribution in [-0.2, 0) is 9.53 Å². The molecule has 0 unspecified atom stereocenters. The maximum atomic E-state index is 10.3. The van der Waals surface area contributed by atoms with Gasteiger partial charge in [0.1, 0.15) is 24.4 Å². The second-order valence-corrected chi connectivity index (χ2v) is 2.74. The Morgan fingerprint density at radius 3 is 2.08 bits per heavy atom. The van der Waals surface area contributed by atoms with E-state index < -0.39 is 36.7 Å². The zero-order valence-electron chi connectivity index (χ0n) is 6.40. The lowest BCUT2D eigenvalue weighted by Gasteiger charge is -2.38. The molecule has 1 rings (SSSR count). The van der Waals surface area contributed by atoms with E-state index in [4.69, 9.17) is 20.4 Å². The first-order chi connectivity index (χ1) is 5.95. The lowest BCUT2D eigenvalue weighted by atomic mass is 9.99. The van der Waals surface area contributed by atoms with Crippen molar-refractivity contribution >= 4 is 5.97 Å². The molecule has 0 amide bonds. The van der Waals surface area contributed by atoms with Crippen LogP contribution in [0.5, 0.6) is 0 Å². The van der Waals surface area contributed by atoms with Gasteiger partial charge in [-0.15, -0.1) is 0 Å². The summed E-state index contributed by atoms with van der Waals surface area (Å²) in [6.45, 7) is 0. The Hall–Kier alpha value is -0.730. The maximum absolute atomic E-state index is 10.3. The summed E-state index contributed by atoms with van der Waals surface area (Å²) in [6.07, 6.45) is -9.00. The molecule has 7 nitrogen and oxygen atoms in total. The van der Waals surface area contributed by atoms with Gasteiger partial charge in [0.25, 0.3) is 0 Å². The highest BCUT2D eigenvalue weighted by Gasteiger charge is 2.43. The van der Waals surface area contributed by atoms with Crippen molar-refractivity contribution in [3.05, 3.63) is 0 Å². The number of aliphatic hydroxyl groups excluding tert-OH is 4. The third-order valence-electron chi connectivity index (χ3n) is 1.82. The summed E-state index contributed by atoms with van der Waals surface area (Å²) in [5.41, 5.74) is 0. The van der Waals surface area contributed by atoms with Gasteiger partial charge in [0, 0.05) is 0 Å². The molecule has 0 saturated carbocycles. The molecule has 13 heavy (non-hydrogen) atoms. The van der Waals surface area contributed by atoms with Crippen molar-refractivity contribution < 1.29 is 35.1 Å². The van der Waals surface area contributed by atoms with Crippen molar-refractivity contribution in [2.24, 2.45) is 0 Å². The van der Waals surface area contributed by atoms with Crippen molar-refractivity contribution in [2.75, 3.05) is 0 Å². The molecule has 0 bridgehead atoms. The molecule has 0 aliphatic carbocycles. The summed E-state index contributed by atoms with van der Waals surface area (Å²) in [5.74, 6) is -1.77. The van der Waals surface area contributed by atoms with Crippen LogP contribution < -0.4 is 5.11 Å². The zero-order chi connectivity index (χ0) is 10.2.